The van der Waals surface area contributed by atoms with E-state index in [-0.39, 0.29) is 22.5 Å². The van der Waals surface area contributed by atoms with Gasteiger partial charge in [-0.1, -0.05) is 60.6 Å². The number of amides is 4. The van der Waals surface area contributed by atoms with Crippen molar-refractivity contribution in [3.63, 3.8) is 0 Å². The summed E-state index contributed by atoms with van der Waals surface area (Å²) >= 11 is 12.2. The second kappa shape index (κ2) is 10.4. The monoisotopic (exact) mass is 580 g/mol. The molecular weight excluding hydrogens is 555 g/mol. The second-order valence-electron chi connectivity index (χ2n) is 10.1. The van der Waals surface area contributed by atoms with Crippen molar-refractivity contribution in [2.24, 2.45) is 0 Å². The predicted octanol–water partition coefficient (Wildman–Crippen LogP) is 7.00. The van der Waals surface area contributed by atoms with Crippen LogP contribution >= 0.6 is 23.2 Å². The Kier molecular flexibility index (Phi) is 7.53. The highest BCUT2D eigenvalue weighted by molar-refractivity contribution is 6.36. The molecule has 2 aliphatic rings. The molecule has 0 aliphatic carbocycles. The molecule has 0 atom stereocenters. The fourth-order valence-corrected chi connectivity index (χ4v) is 4.29. The summed E-state index contributed by atoms with van der Waals surface area (Å²) in [4.78, 5) is 56.6. The third-order valence-electron chi connectivity index (χ3n) is 6.29. The van der Waals surface area contributed by atoms with Gasteiger partial charge in [0.15, 0.2) is 0 Å². The first-order chi connectivity index (χ1) is 18.7. The van der Waals surface area contributed by atoms with E-state index in [1.54, 1.807) is 76.2 Å². The summed E-state index contributed by atoms with van der Waals surface area (Å²) in [5.41, 5.74) is -2.07. The summed E-state index contributed by atoms with van der Waals surface area (Å²) in [6, 6.07) is 12.4. The van der Waals surface area contributed by atoms with E-state index in [2.05, 4.69) is 13.2 Å². The van der Waals surface area contributed by atoms with Gasteiger partial charge >= 0.3 is 12.2 Å². The number of rotatable bonds is 6. The molecule has 40 heavy (non-hydrogen) atoms. The number of ether oxygens (including phenoxy) is 2. The van der Waals surface area contributed by atoms with Crippen LogP contribution in [0, 0.1) is 0 Å². The van der Waals surface area contributed by atoms with E-state index in [9.17, 15) is 19.2 Å². The molecule has 206 valence electrons. The van der Waals surface area contributed by atoms with Gasteiger partial charge in [0.1, 0.15) is 11.2 Å². The number of imide groups is 2. The summed E-state index contributed by atoms with van der Waals surface area (Å²) < 4.78 is 11.1. The van der Waals surface area contributed by atoms with Gasteiger partial charge in [-0.15, -0.1) is 0 Å². The van der Waals surface area contributed by atoms with E-state index in [0.717, 1.165) is 9.80 Å². The van der Waals surface area contributed by atoms with E-state index in [1.165, 1.54) is 12.2 Å². The molecule has 4 rings (SSSR count). The molecule has 0 spiro atoms. The molecule has 0 radical (unpaired) electrons. The normalized spacial score (nSPS) is 15.4. The summed E-state index contributed by atoms with van der Waals surface area (Å²) in [5.74, 6) is -1.72. The Morgan fingerprint density at radius 1 is 0.675 bits per heavy atom. The van der Waals surface area contributed by atoms with Crippen LogP contribution in [0.3, 0.4) is 0 Å². The van der Waals surface area contributed by atoms with Crippen LogP contribution in [-0.2, 0) is 19.1 Å². The first-order valence-electron chi connectivity index (χ1n) is 12.1. The predicted molar refractivity (Wildman–Crippen MR) is 152 cm³/mol. The number of halogens is 2. The third-order valence-corrected chi connectivity index (χ3v) is 6.79. The molecule has 0 N–H and O–H groups in total. The zero-order valence-corrected chi connectivity index (χ0v) is 23.8. The maximum absolute atomic E-state index is 14.1. The smallest absolute Gasteiger partial charge is 0.422 e. The lowest BCUT2D eigenvalue weighted by atomic mass is 10.0. The molecule has 10 heteroatoms. The fourth-order valence-electron chi connectivity index (χ4n) is 4.04. The van der Waals surface area contributed by atoms with Gasteiger partial charge in [0.05, 0.1) is 22.5 Å². The highest BCUT2D eigenvalue weighted by Gasteiger charge is 2.54. The first-order valence-corrected chi connectivity index (χ1v) is 12.9. The Bertz CT molecular complexity index is 1400. The molecule has 2 heterocycles. The largest absolute Gasteiger partial charge is 0.439 e. The molecule has 0 bridgehead atoms. The number of hydrogen-bond donors (Lipinski definition) is 0. The SMILES string of the molecule is C=CC(C)(C)OC(=O)N1C(=O)C2=C(c3ccc(Cl)cc3)N(C(=O)OC(C)(C)C=C)C(=O)C2=C1c1ccc(Cl)cc1. The van der Waals surface area contributed by atoms with Crippen LogP contribution in [0.15, 0.2) is 85.0 Å². The first kappa shape index (κ1) is 28.9. The molecule has 0 saturated carbocycles. The van der Waals surface area contributed by atoms with Crippen LogP contribution in [-0.4, -0.2) is 45.0 Å². The molecule has 2 aromatic carbocycles. The van der Waals surface area contributed by atoms with Gasteiger partial charge in [-0.05, 0) is 75.2 Å². The van der Waals surface area contributed by atoms with Crippen molar-refractivity contribution in [3.8, 4) is 0 Å². The van der Waals surface area contributed by atoms with E-state index in [4.69, 9.17) is 32.7 Å². The van der Waals surface area contributed by atoms with E-state index in [0.29, 0.717) is 21.2 Å². The minimum atomic E-state index is -1.13. The lowest BCUT2D eigenvalue weighted by Crippen LogP contribution is -2.40. The molecule has 2 aliphatic heterocycles. The number of hydrogen-bond acceptors (Lipinski definition) is 6. The van der Waals surface area contributed by atoms with Crippen LogP contribution < -0.4 is 0 Å². The van der Waals surface area contributed by atoms with Crippen molar-refractivity contribution in [2.75, 3.05) is 0 Å². The Morgan fingerprint density at radius 3 is 1.25 bits per heavy atom. The number of fused-ring (bicyclic) bond motifs is 1. The van der Waals surface area contributed by atoms with Crippen molar-refractivity contribution in [3.05, 3.63) is 106 Å². The zero-order valence-electron chi connectivity index (χ0n) is 22.3. The lowest BCUT2D eigenvalue weighted by Gasteiger charge is -2.28. The van der Waals surface area contributed by atoms with Gasteiger partial charge in [-0.3, -0.25) is 9.59 Å². The minimum Gasteiger partial charge on any atom is -0.439 e. The average Bonchev–Trinajstić information content (AvgIpc) is 3.36. The standard InChI is InChI=1S/C30H26Cl2N2O6/c1-7-29(3,4)39-27(37)33-23(17-9-13-19(31)14-10-17)21-22(25(33)35)24(18-11-15-20(32)16-12-18)34(26(21)36)28(38)40-30(5,6)8-2/h7-16H,1-2H2,3-6H3. The Morgan fingerprint density at radius 2 is 0.975 bits per heavy atom. The van der Waals surface area contributed by atoms with Crippen LogP contribution in [0.5, 0.6) is 0 Å². The van der Waals surface area contributed by atoms with Gasteiger partial charge in [0.2, 0.25) is 0 Å². The minimum absolute atomic E-state index is 0.0590. The van der Waals surface area contributed by atoms with Crippen LogP contribution in [0.25, 0.3) is 11.4 Å². The van der Waals surface area contributed by atoms with Crippen molar-refractivity contribution in [1.29, 1.82) is 0 Å². The van der Waals surface area contributed by atoms with Crippen LogP contribution in [0.4, 0.5) is 9.59 Å². The van der Waals surface area contributed by atoms with Gasteiger partial charge in [-0.2, -0.15) is 0 Å². The van der Waals surface area contributed by atoms with Crippen molar-refractivity contribution >= 4 is 58.6 Å². The van der Waals surface area contributed by atoms with E-state index < -0.39 is 35.2 Å². The molecule has 0 saturated heterocycles. The molecule has 0 fully saturated rings. The van der Waals surface area contributed by atoms with E-state index in [1.807, 2.05) is 0 Å². The molecule has 0 aromatic heterocycles. The summed E-state index contributed by atoms with van der Waals surface area (Å²) in [6.45, 7) is 13.7. The number of nitrogens with zero attached hydrogens (tertiary/aromatic N) is 2. The maximum atomic E-state index is 14.1. The number of carbonyl (C=O) groups excluding carboxylic acids is 4. The summed E-state index contributed by atoms with van der Waals surface area (Å²) in [5, 5.41) is 0.792. The van der Waals surface area contributed by atoms with Gasteiger partial charge in [0, 0.05) is 10.0 Å². The van der Waals surface area contributed by atoms with Crippen LogP contribution in [0.1, 0.15) is 38.8 Å². The quantitative estimate of drug-likeness (QED) is 0.341. The Balaban J connectivity index is 2.01. The van der Waals surface area contributed by atoms with Gasteiger partial charge in [-0.25, -0.2) is 19.4 Å². The van der Waals surface area contributed by atoms with Gasteiger partial charge < -0.3 is 9.47 Å². The third kappa shape index (κ3) is 5.20. The van der Waals surface area contributed by atoms with E-state index >= 15 is 0 Å². The zero-order chi connectivity index (χ0) is 29.6. The Hall–Kier alpha value is -4.14. The molecule has 0 unspecified atom stereocenters. The van der Waals surface area contributed by atoms with Crippen LogP contribution in [0.2, 0.25) is 10.0 Å². The number of carbonyl (C=O) groups is 4. The highest BCUT2D eigenvalue weighted by Crippen LogP contribution is 2.47. The second-order valence-corrected chi connectivity index (χ2v) is 11.0. The molecule has 4 amide bonds. The van der Waals surface area contributed by atoms with Crippen molar-refractivity contribution in [2.45, 2.75) is 38.9 Å². The molecule has 8 nitrogen and oxygen atoms in total. The average molecular weight is 581 g/mol. The number of benzene rings is 2. The topological polar surface area (TPSA) is 93.2 Å². The molecule has 2 aromatic rings. The highest BCUT2D eigenvalue weighted by atomic mass is 35.5. The Labute approximate surface area is 241 Å². The summed E-state index contributed by atoms with van der Waals surface area (Å²) in [7, 11) is 0. The maximum Gasteiger partial charge on any atom is 0.422 e. The summed E-state index contributed by atoms with van der Waals surface area (Å²) in [6.07, 6.45) is 0.757. The molecular formula is C30H26Cl2N2O6. The van der Waals surface area contributed by atoms with Crippen molar-refractivity contribution in [1.82, 2.24) is 9.80 Å². The lowest BCUT2D eigenvalue weighted by molar-refractivity contribution is -0.123. The van der Waals surface area contributed by atoms with Crippen molar-refractivity contribution < 1.29 is 28.7 Å². The van der Waals surface area contributed by atoms with Gasteiger partial charge in [0.25, 0.3) is 11.8 Å². The fraction of sp³-hybridized carbons (Fsp3) is 0.200.